The van der Waals surface area contributed by atoms with E-state index in [9.17, 15) is 18.0 Å². The molecule has 1 atom stereocenters. The van der Waals surface area contributed by atoms with Crippen molar-refractivity contribution in [2.45, 2.75) is 36.7 Å². The maximum Gasteiger partial charge on any atom is 0.390 e. The first-order valence-corrected chi connectivity index (χ1v) is 7.23. The zero-order chi connectivity index (χ0) is 15.0. The zero-order valence-electron chi connectivity index (χ0n) is 10.8. The largest absolute Gasteiger partial charge is 0.462 e. The molecule has 0 saturated carbocycles. The Morgan fingerprint density at radius 3 is 2.45 bits per heavy atom. The van der Waals surface area contributed by atoms with Crippen molar-refractivity contribution in [1.82, 2.24) is 0 Å². The smallest absolute Gasteiger partial charge is 0.390 e. The second kappa shape index (κ2) is 8.29. The van der Waals surface area contributed by atoms with E-state index < -0.39 is 23.4 Å². The fourth-order valence-corrected chi connectivity index (χ4v) is 2.33. The van der Waals surface area contributed by atoms with Gasteiger partial charge < -0.3 is 4.74 Å². The number of benzene rings is 1. The number of hydrogen-bond donors (Lipinski definition) is 0. The third-order valence-corrected chi connectivity index (χ3v) is 3.39. The van der Waals surface area contributed by atoms with Crippen molar-refractivity contribution in [2.75, 3.05) is 6.61 Å². The van der Waals surface area contributed by atoms with Gasteiger partial charge in [0, 0.05) is 4.83 Å². The van der Waals surface area contributed by atoms with Crippen LogP contribution in [0.15, 0.2) is 30.3 Å². The Kier molecular flexibility index (Phi) is 7.05. The van der Waals surface area contributed by atoms with Crippen LogP contribution in [0.25, 0.3) is 0 Å². The summed E-state index contributed by atoms with van der Waals surface area (Å²) in [7, 11) is 0. The van der Waals surface area contributed by atoms with E-state index in [2.05, 4.69) is 15.9 Å². The van der Waals surface area contributed by atoms with Crippen LogP contribution in [0.4, 0.5) is 13.2 Å². The van der Waals surface area contributed by atoms with Crippen LogP contribution in [0.2, 0.25) is 0 Å². The number of alkyl halides is 4. The van der Waals surface area contributed by atoms with Crippen LogP contribution in [0.3, 0.4) is 0 Å². The minimum atomic E-state index is -4.14. The van der Waals surface area contributed by atoms with Crippen LogP contribution in [-0.2, 0) is 4.74 Å². The van der Waals surface area contributed by atoms with E-state index in [0.29, 0.717) is 24.8 Å². The summed E-state index contributed by atoms with van der Waals surface area (Å²) in [5.74, 6) is -0.406. The number of carbonyl (C=O) groups is 1. The monoisotopic (exact) mass is 352 g/mol. The lowest BCUT2D eigenvalue weighted by molar-refractivity contribution is -0.134. The second-order valence-electron chi connectivity index (χ2n) is 4.41. The number of halogens is 4. The maximum atomic E-state index is 12.1. The van der Waals surface area contributed by atoms with E-state index in [1.807, 2.05) is 0 Å². The third kappa shape index (κ3) is 7.53. The summed E-state index contributed by atoms with van der Waals surface area (Å²) in [5.41, 5.74) is 0.475. The molecule has 0 heterocycles. The van der Waals surface area contributed by atoms with E-state index in [-0.39, 0.29) is 6.61 Å². The molecule has 0 saturated heterocycles. The highest BCUT2D eigenvalue weighted by molar-refractivity contribution is 9.09. The molecule has 0 N–H and O–H groups in total. The number of esters is 1. The van der Waals surface area contributed by atoms with Gasteiger partial charge in [-0.3, -0.25) is 0 Å². The van der Waals surface area contributed by atoms with Gasteiger partial charge in [0.1, 0.15) is 0 Å². The van der Waals surface area contributed by atoms with E-state index in [1.54, 1.807) is 30.3 Å². The Labute approximate surface area is 124 Å². The average Bonchev–Trinajstić information content (AvgIpc) is 2.37. The van der Waals surface area contributed by atoms with Crippen molar-refractivity contribution < 1.29 is 22.7 Å². The lowest BCUT2D eigenvalue weighted by Crippen LogP contribution is -2.15. The minimum Gasteiger partial charge on any atom is -0.462 e. The van der Waals surface area contributed by atoms with Crippen molar-refractivity contribution in [2.24, 2.45) is 0 Å². The van der Waals surface area contributed by atoms with E-state index >= 15 is 0 Å². The second-order valence-corrected chi connectivity index (χ2v) is 5.71. The molecule has 0 aliphatic rings. The van der Waals surface area contributed by atoms with E-state index in [4.69, 9.17) is 4.74 Å². The standard InChI is InChI=1S/C14H16BrF3O2/c15-12(10-14(16,17)18)8-4-5-9-20-13(19)11-6-2-1-3-7-11/h1-3,6-7,12H,4-5,8-10H2. The predicted molar refractivity (Wildman–Crippen MR) is 74.0 cm³/mol. The molecular weight excluding hydrogens is 337 g/mol. The van der Waals surface area contributed by atoms with Crippen LogP contribution < -0.4 is 0 Å². The number of carbonyl (C=O) groups excluding carboxylic acids is 1. The maximum absolute atomic E-state index is 12.1. The first kappa shape index (κ1) is 17.0. The fraction of sp³-hybridized carbons (Fsp3) is 0.500. The molecular formula is C14H16BrF3O2. The van der Waals surface area contributed by atoms with Gasteiger partial charge in [-0.05, 0) is 31.4 Å². The summed E-state index contributed by atoms with van der Waals surface area (Å²) >= 11 is 3.00. The summed E-state index contributed by atoms with van der Waals surface area (Å²) in [5, 5.41) is 0. The van der Waals surface area contributed by atoms with Gasteiger partial charge in [0.15, 0.2) is 0 Å². The van der Waals surface area contributed by atoms with Gasteiger partial charge in [-0.15, -0.1) is 0 Å². The summed E-state index contributed by atoms with van der Waals surface area (Å²) in [6, 6.07) is 8.58. The van der Waals surface area contributed by atoms with Crippen molar-refractivity contribution >= 4 is 21.9 Å². The molecule has 112 valence electrons. The molecule has 1 aromatic rings. The van der Waals surface area contributed by atoms with Gasteiger partial charge in [0.05, 0.1) is 18.6 Å². The van der Waals surface area contributed by atoms with E-state index in [1.165, 1.54) is 0 Å². The third-order valence-electron chi connectivity index (χ3n) is 2.61. The van der Waals surface area contributed by atoms with Crippen LogP contribution in [0, 0.1) is 0 Å². The highest BCUT2D eigenvalue weighted by Gasteiger charge is 2.30. The van der Waals surface area contributed by atoms with Crippen molar-refractivity contribution in [1.29, 1.82) is 0 Å². The van der Waals surface area contributed by atoms with Gasteiger partial charge in [-0.25, -0.2) is 4.79 Å². The average molecular weight is 353 g/mol. The summed E-state index contributed by atoms with van der Waals surface area (Å²) in [6.07, 6.45) is -3.44. The van der Waals surface area contributed by atoms with Crippen LogP contribution in [0.1, 0.15) is 36.0 Å². The number of ether oxygens (including phenoxy) is 1. The molecule has 0 aliphatic carbocycles. The predicted octanol–water partition coefficient (Wildman–Crippen LogP) is 4.73. The first-order chi connectivity index (χ1) is 9.38. The van der Waals surface area contributed by atoms with E-state index in [0.717, 1.165) is 0 Å². The Morgan fingerprint density at radius 1 is 1.20 bits per heavy atom. The Balaban J connectivity index is 2.12. The minimum absolute atomic E-state index is 0.222. The lowest BCUT2D eigenvalue weighted by Gasteiger charge is -2.12. The molecule has 0 amide bonds. The highest BCUT2D eigenvalue weighted by Crippen LogP contribution is 2.27. The molecule has 0 aromatic heterocycles. The van der Waals surface area contributed by atoms with Crippen LogP contribution >= 0.6 is 15.9 Å². The lowest BCUT2D eigenvalue weighted by atomic mass is 10.1. The molecule has 6 heteroatoms. The topological polar surface area (TPSA) is 26.3 Å². The quantitative estimate of drug-likeness (QED) is 0.402. The fourth-order valence-electron chi connectivity index (χ4n) is 1.64. The Hall–Kier alpha value is -1.04. The van der Waals surface area contributed by atoms with Gasteiger partial charge >= 0.3 is 12.1 Å². The van der Waals surface area contributed by atoms with Gasteiger partial charge in [-0.2, -0.15) is 13.2 Å². The molecule has 20 heavy (non-hydrogen) atoms. The van der Waals surface area contributed by atoms with Crippen molar-refractivity contribution in [3.8, 4) is 0 Å². The van der Waals surface area contributed by atoms with Gasteiger partial charge in [-0.1, -0.05) is 34.1 Å². The highest BCUT2D eigenvalue weighted by atomic mass is 79.9. The Bertz CT molecular complexity index is 407. The summed E-state index contributed by atoms with van der Waals surface area (Å²) in [6.45, 7) is 0.222. The molecule has 0 bridgehead atoms. The molecule has 0 spiro atoms. The Morgan fingerprint density at radius 2 is 1.85 bits per heavy atom. The van der Waals surface area contributed by atoms with Crippen molar-refractivity contribution in [3.05, 3.63) is 35.9 Å². The summed E-state index contributed by atoms with van der Waals surface area (Å²) < 4.78 is 41.3. The molecule has 1 unspecified atom stereocenters. The summed E-state index contributed by atoms with van der Waals surface area (Å²) in [4.78, 5) is 11.0. The molecule has 0 radical (unpaired) electrons. The molecule has 1 aromatic carbocycles. The van der Waals surface area contributed by atoms with Gasteiger partial charge in [0.25, 0.3) is 0 Å². The number of rotatable bonds is 7. The van der Waals surface area contributed by atoms with Crippen LogP contribution in [-0.4, -0.2) is 23.6 Å². The molecule has 2 nitrogen and oxygen atoms in total. The molecule has 0 aliphatic heterocycles. The SMILES string of the molecule is O=C(OCCCCC(Br)CC(F)(F)F)c1ccccc1. The normalized spacial score (nSPS) is 13.0. The zero-order valence-corrected chi connectivity index (χ0v) is 12.4. The number of hydrogen-bond acceptors (Lipinski definition) is 2. The number of unbranched alkanes of at least 4 members (excludes halogenated alkanes) is 1. The molecule has 0 fully saturated rings. The van der Waals surface area contributed by atoms with Crippen LogP contribution in [0.5, 0.6) is 0 Å². The van der Waals surface area contributed by atoms with Crippen molar-refractivity contribution in [3.63, 3.8) is 0 Å². The molecule has 1 rings (SSSR count). The van der Waals surface area contributed by atoms with Gasteiger partial charge in [0.2, 0.25) is 0 Å². The first-order valence-electron chi connectivity index (χ1n) is 6.31.